The zero-order chi connectivity index (χ0) is 33.7. The maximum atomic E-state index is 13.2. The number of amidine groups is 1. The highest BCUT2D eigenvalue weighted by Gasteiger charge is 2.31. The molecule has 0 saturated carbocycles. The molecule has 1 aliphatic heterocycles. The second kappa shape index (κ2) is 14.5. The first kappa shape index (κ1) is 33.8. The van der Waals surface area contributed by atoms with Gasteiger partial charge in [-0.1, -0.05) is 56.8 Å². The van der Waals surface area contributed by atoms with Crippen LogP contribution in [0.2, 0.25) is 0 Å². The smallest absolute Gasteiger partial charge is 0.497 e. The molecule has 1 fully saturated rings. The maximum Gasteiger partial charge on any atom is 0.573 e. The molecular formula is C34H37F3N6O3S. The number of hydrogen-bond donors (Lipinski definition) is 1. The molecule has 9 nitrogen and oxygen atoms in total. The Morgan fingerprint density at radius 2 is 1.70 bits per heavy atom. The van der Waals surface area contributed by atoms with E-state index in [4.69, 9.17) is 4.74 Å². The molecule has 1 aromatic heterocycles. The summed E-state index contributed by atoms with van der Waals surface area (Å²) in [5, 5.41) is 8.20. The summed E-state index contributed by atoms with van der Waals surface area (Å²) < 4.78 is 48.2. The first-order chi connectivity index (χ1) is 22.4. The molecule has 1 saturated heterocycles. The zero-order valence-electron chi connectivity index (χ0n) is 26.8. The molecule has 2 unspecified atom stereocenters. The Morgan fingerprint density at radius 1 is 1.00 bits per heavy atom. The van der Waals surface area contributed by atoms with Crippen LogP contribution in [-0.4, -0.2) is 57.8 Å². The number of urea groups is 1. The van der Waals surface area contributed by atoms with Crippen molar-refractivity contribution in [2.24, 2.45) is 4.99 Å². The number of aliphatic imine (C=N–C) groups is 1. The van der Waals surface area contributed by atoms with Crippen molar-refractivity contribution in [2.45, 2.75) is 58.4 Å². The number of rotatable bonds is 9. The minimum atomic E-state index is -4.75. The van der Waals surface area contributed by atoms with Crippen LogP contribution in [0.4, 0.5) is 23.7 Å². The number of halogens is 3. The van der Waals surface area contributed by atoms with E-state index >= 15 is 0 Å². The van der Waals surface area contributed by atoms with E-state index in [9.17, 15) is 18.0 Å². The number of alkyl halides is 3. The fourth-order valence-corrected chi connectivity index (χ4v) is 6.18. The van der Waals surface area contributed by atoms with Crippen LogP contribution >= 0.6 is 11.8 Å². The Balaban J connectivity index is 1.23. The normalized spacial score (nSPS) is 15.9. The SMILES string of the molecule is COc1ccc(N2CCCSC2=NC(=O)NC(C)C(C)c2ccc(-c3ncn(-c4ccc(OC(F)(F)F)cc4)n3)cc2)c(C(C)C)c1. The molecule has 248 valence electrons. The standard InChI is InChI=1S/C34H37F3N6O3S/c1-21(2)29-19-28(45-5)15-16-30(29)42-17-6-18-47-33(42)40-32(44)39-23(4)22(3)24-7-9-25(10-8-24)31-38-20-43(41-31)26-11-13-27(14-12-26)46-34(35,36)37/h7-16,19-23H,6,17-18H2,1-5H3,(H,39,44). The lowest BCUT2D eigenvalue weighted by Crippen LogP contribution is -2.39. The van der Waals surface area contributed by atoms with Crippen molar-refractivity contribution in [1.29, 1.82) is 0 Å². The van der Waals surface area contributed by atoms with Gasteiger partial charge in [0.15, 0.2) is 11.0 Å². The van der Waals surface area contributed by atoms with Gasteiger partial charge in [0.25, 0.3) is 0 Å². The predicted octanol–water partition coefficient (Wildman–Crippen LogP) is 8.17. The molecule has 0 aliphatic carbocycles. The van der Waals surface area contributed by atoms with Crippen LogP contribution in [0.15, 0.2) is 78.0 Å². The number of nitrogens with one attached hydrogen (secondary N) is 1. The summed E-state index contributed by atoms with van der Waals surface area (Å²) in [5.41, 5.74) is 4.50. The van der Waals surface area contributed by atoms with Gasteiger partial charge in [0.2, 0.25) is 0 Å². The van der Waals surface area contributed by atoms with E-state index in [2.05, 4.69) is 43.9 Å². The Labute approximate surface area is 276 Å². The van der Waals surface area contributed by atoms with Crippen molar-refractivity contribution in [2.75, 3.05) is 24.3 Å². The molecule has 47 heavy (non-hydrogen) atoms. The monoisotopic (exact) mass is 666 g/mol. The van der Waals surface area contributed by atoms with E-state index in [1.54, 1.807) is 18.9 Å². The summed E-state index contributed by atoms with van der Waals surface area (Å²) in [6.45, 7) is 9.05. The average Bonchev–Trinajstić information content (AvgIpc) is 3.54. The van der Waals surface area contributed by atoms with Crippen LogP contribution in [0.25, 0.3) is 17.1 Å². The minimum Gasteiger partial charge on any atom is -0.497 e. The molecule has 0 bridgehead atoms. The van der Waals surface area contributed by atoms with E-state index < -0.39 is 6.36 Å². The summed E-state index contributed by atoms with van der Waals surface area (Å²) in [6.07, 6.45) is -2.27. The van der Waals surface area contributed by atoms with Gasteiger partial charge in [0, 0.05) is 35.5 Å². The average molecular weight is 667 g/mol. The molecule has 0 radical (unpaired) electrons. The quantitative estimate of drug-likeness (QED) is 0.193. The number of methoxy groups -OCH3 is 1. The van der Waals surface area contributed by atoms with Crippen LogP contribution in [-0.2, 0) is 0 Å². The summed E-state index contributed by atoms with van der Waals surface area (Å²) in [6, 6.07) is 18.6. The fraction of sp³-hybridized carbons (Fsp3) is 0.353. The molecule has 2 amide bonds. The number of hydrogen-bond acceptors (Lipinski definition) is 6. The van der Waals surface area contributed by atoms with Crippen molar-refractivity contribution >= 4 is 28.6 Å². The van der Waals surface area contributed by atoms with Gasteiger partial charge < -0.3 is 19.7 Å². The summed E-state index contributed by atoms with van der Waals surface area (Å²) in [7, 11) is 1.66. The number of nitrogens with zero attached hydrogens (tertiary/aromatic N) is 5. The van der Waals surface area contributed by atoms with Gasteiger partial charge in [0.05, 0.1) is 12.8 Å². The van der Waals surface area contributed by atoms with Crippen molar-refractivity contribution in [1.82, 2.24) is 20.1 Å². The van der Waals surface area contributed by atoms with E-state index in [0.29, 0.717) is 16.7 Å². The highest BCUT2D eigenvalue weighted by Crippen LogP contribution is 2.35. The molecule has 1 aliphatic rings. The van der Waals surface area contributed by atoms with Gasteiger partial charge in [-0.15, -0.1) is 18.3 Å². The lowest BCUT2D eigenvalue weighted by Gasteiger charge is -2.32. The molecule has 3 aromatic carbocycles. The topological polar surface area (TPSA) is 93.9 Å². The van der Waals surface area contributed by atoms with Gasteiger partial charge in [-0.25, -0.2) is 14.5 Å². The van der Waals surface area contributed by atoms with Crippen LogP contribution in [0.1, 0.15) is 57.1 Å². The zero-order valence-corrected chi connectivity index (χ0v) is 27.6. The molecule has 2 heterocycles. The third-order valence-corrected chi connectivity index (χ3v) is 9.02. The molecule has 5 rings (SSSR count). The second-order valence-corrected chi connectivity index (χ2v) is 12.6. The van der Waals surface area contributed by atoms with Crippen LogP contribution in [0, 0.1) is 0 Å². The van der Waals surface area contributed by atoms with Crippen molar-refractivity contribution in [3.8, 4) is 28.6 Å². The number of aromatic nitrogens is 3. The number of amides is 2. The van der Waals surface area contributed by atoms with Crippen molar-refractivity contribution < 1.29 is 27.4 Å². The molecule has 1 N–H and O–H groups in total. The lowest BCUT2D eigenvalue weighted by atomic mass is 9.93. The predicted molar refractivity (Wildman–Crippen MR) is 179 cm³/mol. The minimum absolute atomic E-state index is 0.0135. The van der Waals surface area contributed by atoms with E-state index in [1.807, 2.05) is 56.3 Å². The number of carbonyl (C=O) groups excluding carboxylic acids is 1. The molecule has 13 heteroatoms. The number of thioether (sulfide) groups is 1. The Bertz CT molecular complexity index is 1710. The van der Waals surface area contributed by atoms with Gasteiger partial charge in [-0.3, -0.25) is 0 Å². The number of anilines is 1. The number of carbonyl (C=O) groups is 1. The first-order valence-electron chi connectivity index (χ1n) is 15.3. The van der Waals surface area contributed by atoms with E-state index in [1.165, 1.54) is 35.3 Å². The highest BCUT2D eigenvalue weighted by molar-refractivity contribution is 8.14. The van der Waals surface area contributed by atoms with E-state index in [-0.39, 0.29) is 29.7 Å². The Hall–Kier alpha value is -4.52. The largest absolute Gasteiger partial charge is 0.573 e. The van der Waals surface area contributed by atoms with Crippen LogP contribution in [0.5, 0.6) is 11.5 Å². The summed E-state index contributed by atoms with van der Waals surface area (Å²) >= 11 is 1.58. The van der Waals surface area contributed by atoms with Crippen molar-refractivity contribution in [3.63, 3.8) is 0 Å². The van der Waals surface area contributed by atoms with Crippen molar-refractivity contribution in [3.05, 3.63) is 84.2 Å². The van der Waals surface area contributed by atoms with E-state index in [0.717, 1.165) is 46.8 Å². The Kier molecular flexibility index (Phi) is 10.4. The van der Waals surface area contributed by atoms with Gasteiger partial charge in [-0.05, 0) is 72.9 Å². The summed E-state index contributed by atoms with van der Waals surface area (Å²) in [4.78, 5) is 24.1. The second-order valence-electron chi connectivity index (χ2n) is 11.5. The summed E-state index contributed by atoms with van der Waals surface area (Å²) in [5.74, 6) is 2.09. The number of benzene rings is 3. The lowest BCUT2D eigenvalue weighted by molar-refractivity contribution is -0.274. The number of ether oxygens (including phenoxy) is 2. The highest BCUT2D eigenvalue weighted by atomic mass is 32.2. The molecule has 4 aromatic rings. The van der Waals surface area contributed by atoms with Gasteiger partial charge in [0.1, 0.15) is 17.8 Å². The molecule has 0 spiro atoms. The van der Waals surface area contributed by atoms with Gasteiger partial charge >= 0.3 is 12.4 Å². The van der Waals surface area contributed by atoms with Gasteiger partial charge in [-0.2, -0.15) is 4.99 Å². The van der Waals surface area contributed by atoms with Crippen LogP contribution < -0.4 is 19.7 Å². The Morgan fingerprint density at radius 3 is 2.36 bits per heavy atom. The third-order valence-electron chi connectivity index (χ3n) is 7.96. The maximum absolute atomic E-state index is 13.2. The molecular weight excluding hydrogens is 629 g/mol. The fourth-order valence-electron chi connectivity index (χ4n) is 5.23. The first-order valence-corrected chi connectivity index (χ1v) is 16.3. The van der Waals surface area contributed by atoms with Crippen LogP contribution in [0.3, 0.4) is 0 Å². The molecule has 2 atom stereocenters. The third kappa shape index (κ3) is 8.45.